The molecule has 4 heteroatoms. The molecule has 2 aromatic heterocycles. The zero-order chi connectivity index (χ0) is 13.8. The largest absolute Gasteiger partial charge is 0.362 e. The van der Waals surface area contributed by atoms with Crippen LogP contribution in [0.15, 0.2) is 54.9 Å². The fourth-order valence-electron chi connectivity index (χ4n) is 1.91. The molecule has 0 saturated carbocycles. The minimum absolute atomic E-state index is 0.626. The van der Waals surface area contributed by atoms with Crippen LogP contribution in [0.4, 0.5) is 0 Å². The number of aromatic amines is 1. The van der Waals surface area contributed by atoms with Crippen molar-refractivity contribution < 1.29 is 0 Å². The average molecular weight is 260 g/mol. The van der Waals surface area contributed by atoms with Crippen LogP contribution in [0.1, 0.15) is 17.0 Å². The molecule has 0 aliphatic rings. The summed E-state index contributed by atoms with van der Waals surface area (Å²) in [6.07, 6.45) is 7.67. The molecule has 0 bridgehead atoms. The quantitative estimate of drug-likeness (QED) is 0.786. The van der Waals surface area contributed by atoms with E-state index >= 15 is 0 Å². The maximum absolute atomic E-state index is 8.91. The van der Waals surface area contributed by atoms with E-state index in [-0.39, 0.29) is 0 Å². The van der Waals surface area contributed by atoms with Crippen LogP contribution in [0.3, 0.4) is 0 Å². The lowest BCUT2D eigenvalue weighted by Crippen LogP contribution is -1.95. The summed E-state index contributed by atoms with van der Waals surface area (Å²) in [5.74, 6) is 0. The van der Waals surface area contributed by atoms with Crippen molar-refractivity contribution in [3.63, 3.8) is 0 Å². The molecule has 0 aliphatic heterocycles. The second-order valence-corrected chi connectivity index (χ2v) is 4.31. The van der Waals surface area contributed by atoms with Crippen LogP contribution in [0.5, 0.6) is 0 Å². The SMILES string of the molecule is N#Cc1cccc(-n2ccc(C=Cc3ccc[nH]3)n2)c1. The molecule has 3 aromatic rings. The zero-order valence-corrected chi connectivity index (χ0v) is 10.7. The van der Waals surface area contributed by atoms with Crippen LogP contribution in [-0.2, 0) is 0 Å². The highest BCUT2D eigenvalue weighted by molar-refractivity contribution is 5.66. The van der Waals surface area contributed by atoms with Crippen molar-refractivity contribution in [2.45, 2.75) is 0 Å². The molecule has 0 radical (unpaired) electrons. The number of nitriles is 1. The normalized spacial score (nSPS) is 10.8. The van der Waals surface area contributed by atoms with Gasteiger partial charge in [0, 0.05) is 18.1 Å². The van der Waals surface area contributed by atoms with Gasteiger partial charge in [0.05, 0.1) is 23.0 Å². The van der Waals surface area contributed by atoms with Crippen molar-refractivity contribution >= 4 is 12.2 Å². The molecule has 20 heavy (non-hydrogen) atoms. The monoisotopic (exact) mass is 260 g/mol. The molecular formula is C16H12N4. The van der Waals surface area contributed by atoms with Gasteiger partial charge in [0.15, 0.2) is 0 Å². The van der Waals surface area contributed by atoms with Gasteiger partial charge < -0.3 is 4.98 Å². The lowest BCUT2D eigenvalue weighted by Gasteiger charge is -2.00. The minimum Gasteiger partial charge on any atom is -0.362 e. The Balaban J connectivity index is 1.85. The van der Waals surface area contributed by atoms with E-state index in [1.165, 1.54) is 0 Å². The molecule has 0 saturated heterocycles. The van der Waals surface area contributed by atoms with Crippen molar-refractivity contribution in [2.75, 3.05) is 0 Å². The number of aromatic nitrogens is 3. The summed E-state index contributed by atoms with van der Waals surface area (Å²) < 4.78 is 1.76. The molecule has 4 nitrogen and oxygen atoms in total. The summed E-state index contributed by atoms with van der Waals surface area (Å²) in [4.78, 5) is 3.10. The lowest BCUT2D eigenvalue weighted by atomic mass is 10.2. The van der Waals surface area contributed by atoms with Crippen LogP contribution < -0.4 is 0 Å². The van der Waals surface area contributed by atoms with Gasteiger partial charge in [0.25, 0.3) is 0 Å². The topological polar surface area (TPSA) is 57.4 Å². The van der Waals surface area contributed by atoms with Gasteiger partial charge in [-0.1, -0.05) is 6.07 Å². The zero-order valence-electron chi connectivity index (χ0n) is 10.7. The van der Waals surface area contributed by atoms with E-state index in [0.29, 0.717) is 5.56 Å². The Morgan fingerprint density at radius 1 is 1.15 bits per heavy atom. The second-order valence-electron chi connectivity index (χ2n) is 4.31. The molecule has 0 amide bonds. The molecule has 1 N–H and O–H groups in total. The molecule has 0 spiro atoms. The summed E-state index contributed by atoms with van der Waals surface area (Å²) in [6, 6.07) is 15.4. The van der Waals surface area contributed by atoms with Crippen LogP contribution in [0, 0.1) is 11.3 Å². The van der Waals surface area contributed by atoms with E-state index in [2.05, 4.69) is 16.2 Å². The third-order valence-corrected chi connectivity index (χ3v) is 2.91. The Labute approximate surface area is 116 Å². The number of nitrogens with one attached hydrogen (secondary N) is 1. The van der Waals surface area contributed by atoms with Gasteiger partial charge in [0.2, 0.25) is 0 Å². The summed E-state index contributed by atoms with van der Waals surface area (Å²) in [5, 5.41) is 13.4. The first kappa shape index (κ1) is 12.0. The fraction of sp³-hybridized carbons (Fsp3) is 0. The third-order valence-electron chi connectivity index (χ3n) is 2.91. The fourth-order valence-corrected chi connectivity index (χ4v) is 1.91. The Hall–Kier alpha value is -3.06. The minimum atomic E-state index is 0.626. The van der Waals surface area contributed by atoms with Crippen molar-refractivity contribution in [2.24, 2.45) is 0 Å². The van der Waals surface area contributed by atoms with Gasteiger partial charge in [0.1, 0.15) is 0 Å². The summed E-state index contributed by atoms with van der Waals surface area (Å²) in [7, 11) is 0. The number of nitrogens with zero attached hydrogens (tertiary/aromatic N) is 3. The highest BCUT2D eigenvalue weighted by Crippen LogP contribution is 2.11. The molecule has 96 valence electrons. The van der Waals surface area contributed by atoms with Crippen molar-refractivity contribution in [3.05, 3.63) is 71.8 Å². The maximum Gasteiger partial charge on any atom is 0.0992 e. The summed E-state index contributed by atoms with van der Waals surface area (Å²) in [5.41, 5.74) is 3.40. The van der Waals surface area contributed by atoms with Gasteiger partial charge in [-0.25, -0.2) is 4.68 Å². The average Bonchev–Trinajstić information content (AvgIpc) is 3.16. The lowest BCUT2D eigenvalue weighted by molar-refractivity contribution is 0.875. The van der Waals surface area contributed by atoms with Gasteiger partial charge >= 0.3 is 0 Å². The molecule has 0 unspecified atom stereocenters. The highest BCUT2D eigenvalue weighted by Gasteiger charge is 2.00. The van der Waals surface area contributed by atoms with E-state index in [1.807, 2.05) is 60.9 Å². The van der Waals surface area contributed by atoms with E-state index in [9.17, 15) is 0 Å². The van der Waals surface area contributed by atoms with Crippen LogP contribution in [0.2, 0.25) is 0 Å². The first-order chi connectivity index (χ1) is 9.85. The molecule has 0 aliphatic carbocycles. The first-order valence-electron chi connectivity index (χ1n) is 6.23. The Morgan fingerprint density at radius 3 is 2.90 bits per heavy atom. The number of hydrogen-bond donors (Lipinski definition) is 1. The van der Waals surface area contributed by atoms with Gasteiger partial charge in [-0.05, 0) is 48.6 Å². The number of rotatable bonds is 3. The maximum atomic E-state index is 8.91. The molecule has 3 rings (SSSR count). The molecule has 1 aromatic carbocycles. The Bertz CT molecular complexity index is 773. The van der Waals surface area contributed by atoms with E-state index in [4.69, 9.17) is 5.26 Å². The van der Waals surface area contributed by atoms with Gasteiger partial charge in [-0.3, -0.25) is 0 Å². The van der Waals surface area contributed by atoms with E-state index in [1.54, 1.807) is 10.7 Å². The standard InChI is InChI=1S/C16H12N4/c17-12-13-3-1-5-16(11-13)20-10-8-15(19-20)7-6-14-4-2-9-18-14/h1-11,18H. The van der Waals surface area contributed by atoms with E-state index < -0.39 is 0 Å². The Kier molecular flexibility index (Phi) is 3.17. The highest BCUT2D eigenvalue weighted by atomic mass is 15.3. The van der Waals surface area contributed by atoms with Crippen molar-refractivity contribution in [1.82, 2.24) is 14.8 Å². The second kappa shape index (κ2) is 5.29. The third kappa shape index (κ3) is 2.52. The van der Waals surface area contributed by atoms with Crippen LogP contribution >= 0.6 is 0 Å². The molecule has 0 fully saturated rings. The Morgan fingerprint density at radius 2 is 2.10 bits per heavy atom. The molecular weight excluding hydrogens is 248 g/mol. The number of hydrogen-bond acceptors (Lipinski definition) is 2. The molecule has 2 heterocycles. The summed E-state index contributed by atoms with van der Waals surface area (Å²) in [6.45, 7) is 0. The van der Waals surface area contributed by atoms with Crippen LogP contribution in [0.25, 0.3) is 17.8 Å². The number of benzene rings is 1. The first-order valence-corrected chi connectivity index (χ1v) is 6.23. The van der Waals surface area contributed by atoms with Crippen LogP contribution in [-0.4, -0.2) is 14.8 Å². The van der Waals surface area contributed by atoms with Gasteiger partial charge in [-0.2, -0.15) is 10.4 Å². The smallest absolute Gasteiger partial charge is 0.0992 e. The van der Waals surface area contributed by atoms with Crippen molar-refractivity contribution in [1.29, 1.82) is 5.26 Å². The van der Waals surface area contributed by atoms with Crippen molar-refractivity contribution in [3.8, 4) is 11.8 Å². The predicted octanol–water partition coefficient (Wildman–Crippen LogP) is 3.24. The molecule has 0 atom stereocenters. The van der Waals surface area contributed by atoms with E-state index in [0.717, 1.165) is 17.1 Å². The number of H-pyrrole nitrogens is 1. The summed E-state index contributed by atoms with van der Waals surface area (Å²) >= 11 is 0. The van der Waals surface area contributed by atoms with Gasteiger partial charge in [-0.15, -0.1) is 0 Å². The predicted molar refractivity (Wildman–Crippen MR) is 78.0 cm³/mol.